The van der Waals surface area contributed by atoms with Crippen LogP contribution in [-0.2, 0) is 4.74 Å². The molecule has 0 saturated heterocycles. The Morgan fingerprint density at radius 2 is 1.96 bits per heavy atom. The minimum Gasteiger partial charge on any atom is -0.381 e. The molecule has 150 valence electrons. The molecule has 1 saturated carbocycles. The second-order valence-corrected chi connectivity index (χ2v) is 7.46. The zero-order chi connectivity index (χ0) is 19.7. The number of aromatic amines is 1. The second kappa shape index (κ2) is 7.58. The SMILES string of the molecule is O=c1ccn([C@H]2CC[C@H](COCCC(F)(F)F)CC2)c2c1cnc1[nH]ccc12. The first kappa shape index (κ1) is 19.0. The van der Waals surface area contributed by atoms with E-state index < -0.39 is 12.6 Å². The Balaban J connectivity index is 1.47. The fourth-order valence-electron chi connectivity index (χ4n) is 4.10. The molecule has 3 aromatic heterocycles. The van der Waals surface area contributed by atoms with E-state index in [0.29, 0.717) is 12.0 Å². The Morgan fingerprint density at radius 1 is 1.18 bits per heavy atom. The average Bonchev–Trinajstić information content (AvgIpc) is 3.15. The molecule has 1 N–H and O–H groups in total. The van der Waals surface area contributed by atoms with E-state index >= 15 is 0 Å². The molecule has 0 atom stereocenters. The number of rotatable bonds is 5. The number of pyridine rings is 2. The molecule has 3 heterocycles. The molecule has 0 aromatic carbocycles. The van der Waals surface area contributed by atoms with Crippen molar-refractivity contribution in [3.8, 4) is 0 Å². The van der Waals surface area contributed by atoms with Crippen LogP contribution in [-0.4, -0.2) is 33.9 Å². The Labute approximate surface area is 159 Å². The lowest BCUT2D eigenvalue weighted by atomic mass is 9.86. The molecule has 0 spiro atoms. The van der Waals surface area contributed by atoms with Crippen LogP contribution >= 0.6 is 0 Å². The van der Waals surface area contributed by atoms with Crippen LogP contribution in [0, 0.1) is 5.92 Å². The van der Waals surface area contributed by atoms with Gasteiger partial charge < -0.3 is 14.3 Å². The van der Waals surface area contributed by atoms with Gasteiger partial charge in [0.2, 0.25) is 0 Å². The van der Waals surface area contributed by atoms with Gasteiger partial charge in [-0.05, 0) is 37.7 Å². The molecular formula is C20H22F3N3O2. The number of nitrogens with one attached hydrogen (secondary N) is 1. The van der Waals surface area contributed by atoms with Gasteiger partial charge in [-0.1, -0.05) is 0 Å². The van der Waals surface area contributed by atoms with E-state index in [9.17, 15) is 18.0 Å². The van der Waals surface area contributed by atoms with Gasteiger partial charge in [0.15, 0.2) is 5.43 Å². The van der Waals surface area contributed by atoms with Gasteiger partial charge in [0, 0.05) is 42.7 Å². The lowest BCUT2D eigenvalue weighted by Gasteiger charge is -2.31. The van der Waals surface area contributed by atoms with Crippen LogP contribution in [0.3, 0.4) is 0 Å². The maximum Gasteiger partial charge on any atom is 0.391 e. The lowest BCUT2D eigenvalue weighted by Crippen LogP contribution is -2.23. The summed E-state index contributed by atoms with van der Waals surface area (Å²) < 4.78 is 44.0. The topological polar surface area (TPSA) is 59.9 Å². The zero-order valence-corrected chi connectivity index (χ0v) is 15.3. The van der Waals surface area contributed by atoms with Crippen LogP contribution in [0.4, 0.5) is 13.2 Å². The van der Waals surface area contributed by atoms with Gasteiger partial charge in [0.05, 0.1) is 23.9 Å². The maximum absolute atomic E-state index is 12.3. The van der Waals surface area contributed by atoms with Crippen LogP contribution < -0.4 is 5.43 Å². The van der Waals surface area contributed by atoms with E-state index in [1.165, 1.54) is 0 Å². The molecule has 0 amide bonds. The summed E-state index contributed by atoms with van der Waals surface area (Å²) in [4.78, 5) is 19.7. The third kappa shape index (κ3) is 3.92. The highest BCUT2D eigenvalue weighted by molar-refractivity contribution is 6.02. The zero-order valence-electron chi connectivity index (χ0n) is 15.3. The highest BCUT2D eigenvalue weighted by Crippen LogP contribution is 2.35. The summed E-state index contributed by atoms with van der Waals surface area (Å²) >= 11 is 0. The largest absolute Gasteiger partial charge is 0.391 e. The first-order chi connectivity index (χ1) is 13.4. The minimum absolute atomic E-state index is 0.0476. The predicted octanol–water partition coefficient (Wildman–Crippen LogP) is 4.58. The van der Waals surface area contributed by atoms with Crippen molar-refractivity contribution in [2.75, 3.05) is 13.2 Å². The molecule has 1 aliphatic carbocycles. The summed E-state index contributed by atoms with van der Waals surface area (Å²) in [5, 5.41) is 1.53. The van der Waals surface area contributed by atoms with Crippen molar-refractivity contribution in [1.29, 1.82) is 0 Å². The van der Waals surface area contributed by atoms with Crippen molar-refractivity contribution in [2.24, 2.45) is 5.92 Å². The molecule has 0 unspecified atom stereocenters. The summed E-state index contributed by atoms with van der Waals surface area (Å²) in [6, 6.07) is 3.75. The lowest BCUT2D eigenvalue weighted by molar-refractivity contribution is -0.146. The summed E-state index contributed by atoms with van der Waals surface area (Å²) in [7, 11) is 0. The van der Waals surface area contributed by atoms with Gasteiger partial charge in [0.25, 0.3) is 0 Å². The fourth-order valence-corrected chi connectivity index (χ4v) is 4.10. The van der Waals surface area contributed by atoms with E-state index in [0.717, 1.165) is 42.2 Å². The Kier molecular flexibility index (Phi) is 5.14. The molecule has 1 fully saturated rings. The van der Waals surface area contributed by atoms with Crippen LogP contribution in [0.1, 0.15) is 38.1 Å². The van der Waals surface area contributed by atoms with Crippen molar-refractivity contribution in [1.82, 2.24) is 14.5 Å². The molecule has 3 aromatic rings. The summed E-state index contributed by atoms with van der Waals surface area (Å²) in [6.45, 7) is 0.103. The van der Waals surface area contributed by atoms with Gasteiger partial charge in [0.1, 0.15) is 5.65 Å². The number of hydrogen-bond acceptors (Lipinski definition) is 3. The van der Waals surface area contributed by atoms with Crippen LogP contribution in [0.15, 0.2) is 35.5 Å². The Morgan fingerprint density at radius 3 is 2.71 bits per heavy atom. The van der Waals surface area contributed by atoms with Crippen molar-refractivity contribution in [3.05, 3.63) is 40.9 Å². The van der Waals surface area contributed by atoms with Crippen molar-refractivity contribution in [2.45, 2.75) is 44.3 Å². The monoisotopic (exact) mass is 393 g/mol. The average molecular weight is 393 g/mol. The first-order valence-corrected chi connectivity index (χ1v) is 9.54. The highest BCUT2D eigenvalue weighted by atomic mass is 19.4. The smallest absolute Gasteiger partial charge is 0.381 e. The molecule has 5 nitrogen and oxygen atoms in total. The van der Waals surface area contributed by atoms with E-state index in [2.05, 4.69) is 14.5 Å². The number of H-pyrrole nitrogens is 1. The van der Waals surface area contributed by atoms with E-state index in [1.54, 1.807) is 12.3 Å². The van der Waals surface area contributed by atoms with Gasteiger partial charge in [-0.2, -0.15) is 13.2 Å². The highest BCUT2D eigenvalue weighted by Gasteiger charge is 2.27. The Bertz CT molecular complexity index is 1020. The molecule has 1 aliphatic rings. The molecule has 28 heavy (non-hydrogen) atoms. The van der Waals surface area contributed by atoms with E-state index in [4.69, 9.17) is 4.74 Å². The quantitative estimate of drug-likeness (QED) is 0.646. The molecule has 0 radical (unpaired) electrons. The summed E-state index contributed by atoms with van der Waals surface area (Å²) in [6.07, 6.45) is 3.81. The molecule has 0 aliphatic heterocycles. The molecule has 4 rings (SSSR count). The third-order valence-electron chi connectivity index (χ3n) is 5.56. The minimum atomic E-state index is -4.17. The number of alkyl halides is 3. The first-order valence-electron chi connectivity index (χ1n) is 9.54. The number of ether oxygens (including phenoxy) is 1. The Hall–Kier alpha value is -2.35. The van der Waals surface area contributed by atoms with Gasteiger partial charge in [-0.15, -0.1) is 0 Å². The predicted molar refractivity (Wildman–Crippen MR) is 100 cm³/mol. The molecule has 0 bridgehead atoms. The van der Waals surface area contributed by atoms with Gasteiger partial charge in [-0.25, -0.2) is 4.98 Å². The standard InChI is InChI=1S/C20H22F3N3O2/c21-20(22,23)7-10-28-12-13-1-3-14(4-2-13)26-9-6-17(27)16-11-25-19-15(18(16)26)5-8-24-19/h5-6,8-9,11,13-14H,1-4,7,10,12H2,(H,24,25)/t13-,14-. The third-order valence-corrected chi connectivity index (χ3v) is 5.56. The number of aromatic nitrogens is 3. The number of nitrogens with zero attached hydrogens (tertiary/aromatic N) is 2. The van der Waals surface area contributed by atoms with Crippen molar-refractivity contribution < 1.29 is 17.9 Å². The second-order valence-electron chi connectivity index (χ2n) is 7.46. The maximum atomic E-state index is 12.3. The van der Waals surface area contributed by atoms with Gasteiger partial charge >= 0.3 is 6.18 Å². The summed E-state index contributed by atoms with van der Waals surface area (Å²) in [5.74, 6) is 0.282. The van der Waals surface area contributed by atoms with Crippen LogP contribution in [0.5, 0.6) is 0 Å². The number of hydrogen-bond donors (Lipinski definition) is 1. The number of halogens is 3. The normalized spacial score (nSPS) is 20.8. The fraction of sp³-hybridized carbons (Fsp3) is 0.500. The van der Waals surface area contributed by atoms with Crippen LogP contribution in [0.2, 0.25) is 0 Å². The number of fused-ring (bicyclic) bond motifs is 3. The van der Waals surface area contributed by atoms with E-state index in [-0.39, 0.29) is 24.0 Å². The van der Waals surface area contributed by atoms with Crippen molar-refractivity contribution in [3.63, 3.8) is 0 Å². The van der Waals surface area contributed by atoms with Gasteiger partial charge in [-0.3, -0.25) is 4.79 Å². The van der Waals surface area contributed by atoms with E-state index in [1.807, 2.05) is 18.5 Å². The molecule has 8 heteroatoms. The molecular weight excluding hydrogens is 371 g/mol. The summed E-state index contributed by atoms with van der Waals surface area (Å²) in [5.41, 5.74) is 1.59. The van der Waals surface area contributed by atoms with Crippen molar-refractivity contribution >= 4 is 21.9 Å². The van der Waals surface area contributed by atoms with Crippen LogP contribution in [0.25, 0.3) is 21.9 Å².